The lowest BCUT2D eigenvalue weighted by Crippen LogP contribution is -2.34. The largest absolute Gasteiger partial charge is 0.477 e. The normalized spacial score (nSPS) is 13.2. The predicted molar refractivity (Wildman–Crippen MR) is 62.4 cm³/mol. The molecule has 1 unspecified atom stereocenters. The van der Waals surface area contributed by atoms with Crippen molar-refractivity contribution in [3.05, 3.63) is 18.0 Å². The quantitative estimate of drug-likeness (QED) is 0.815. The van der Waals surface area contributed by atoms with Gasteiger partial charge in [0, 0.05) is 19.3 Å². The van der Waals surface area contributed by atoms with Crippen LogP contribution in [0.25, 0.3) is 0 Å². The van der Waals surface area contributed by atoms with Crippen LogP contribution in [-0.2, 0) is 10.0 Å². The SMILES string of the molecule is CC(CC#N)N(C)S(=O)(=O)c1c[nH]c(C(=O)O)c1. The first-order valence-corrected chi connectivity index (χ1v) is 6.51. The van der Waals surface area contributed by atoms with Gasteiger partial charge in [0.1, 0.15) is 10.6 Å². The second-order valence-corrected chi connectivity index (χ2v) is 5.78. The van der Waals surface area contributed by atoms with Crippen molar-refractivity contribution < 1.29 is 18.3 Å². The van der Waals surface area contributed by atoms with Crippen molar-refractivity contribution >= 4 is 16.0 Å². The van der Waals surface area contributed by atoms with E-state index >= 15 is 0 Å². The minimum Gasteiger partial charge on any atom is -0.477 e. The topological polar surface area (TPSA) is 114 Å². The van der Waals surface area contributed by atoms with Crippen LogP contribution in [0, 0.1) is 11.3 Å². The van der Waals surface area contributed by atoms with Gasteiger partial charge in [0.15, 0.2) is 0 Å². The summed E-state index contributed by atoms with van der Waals surface area (Å²) < 4.78 is 25.2. The molecule has 1 heterocycles. The number of carbonyl (C=O) groups is 1. The van der Waals surface area contributed by atoms with Crippen molar-refractivity contribution in [2.75, 3.05) is 7.05 Å². The van der Waals surface area contributed by atoms with E-state index in [2.05, 4.69) is 4.98 Å². The molecule has 0 spiro atoms. The van der Waals surface area contributed by atoms with E-state index in [1.165, 1.54) is 7.05 Å². The molecule has 2 N–H and O–H groups in total. The third kappa shape index (κ3) is 2.69. The minimum atomic E-state index is -3.79. The molecule has 1 aromatic rings. The number of H-pyrrole nitrogens is 1. The van der Waals surface area contributed by atoms with E-state index in [9.17, 15) is 13.2 Å². The summed E-state index contributed by atoms with van der Waals surface area (Å²) in [5.41, 5.74) is -0.199. The van der Waals surface area contributed by atoms with Crippen molar-refractivity contribution in [1.82, 2.24) is 9.29 Å². The first-order valence-electron chi connectivity index (χ1n) is 5.07. The van der Waals surface area contributed by atoms with Crippen molar-refractivity contribution in [3.63, 3.8) is 0 Å². The van der Waals surface area contributed by atoms with E-state index in [1.54, 1.807) is 6.92 Å². The molecule has 0 saturated carbocycles. The van der Waals surface area contributed by atoms with Crippen molar-refractivity contribution in [2.24, 2.45) is 0 Å². The number of aromatic nitrogens is 1. The number of hydrogen-bond donors (Lipinski definition) is 2. The molecular weight excluding hydrogens is 258 g/mol. The lowest BCUT2D eigenvalue weighted by molar-refractivity contribution is 0.0691. The van der Waals surface area contributed by atoms with Gasteiger partial charge in [-0.1, -0.05) is 0 Å². The third-order valence-corrected chi connectivity index (χ3v) is 4.52. The van der Waals surface area contributed by atoms with E-state index in [1.807, 2.05) is 6.07 Å². The fourth-order valence-corrected chi connectivity index (χ4v) is 2.67. The Bertz CT molecular complexity index is 585. The number of sulfonamides is 1. The first-order chi connectivity index (χ1) is 8.30. The number of hydrogen-bond acceptors (Lipinski definition) is 4. The highest BCUT2D eigenvalue weighted by Gasteiger charge is 2.26. The molecule has 0 aliphatic carbocycles. The molecule has 0 aliphatic rings. The highest BCUT2D eigenvalue weighted by molar-refractivity contribution is 7.89. The van der Waals surface area contributed by atoms with E-state index in [0.717, 1.165) is 16.6 Å². The molecule has 8 heteroatoms. The van der Waals surface area contributed by atoms with Crippen LogP contribution in [0.4, 0.5) is 0 Å². The Morgan fingerprint density at radius 1 is 1.67 bits per heavy atom. The smallest absolute Gasteiger partial charge is 0.352 e. The number of nitrogens with one attached hydrogen (secondary N) is 1. The van der Waals surface area contributed by atoms with Gasteiger partial charge >= 0.3 is 5.97 Å². The Morgan fingerprint density at radius 2 is 2.28 bits per heavy atom. The number of nitrogens with zero attached hydrogens (tertiary/aromatic N) is 2. The average molecular weight is 271 g/mol. The van der Waals surface area contributed by atoms with Crippen LogP contribution in [0.15, 0.2) is 17.2 Å². The van der Waals surface area contributed by atoms with Crippen molar-refractivity contribution in [3.8, 4) is 6.07 Å². The molecular formula is C10H13N3O4S. The zero-order chi connectivity index (χ0) is 13.9. The number of aromatic amines is 1. The molecule has 98 valence electrons. The maximum absolute atomic E-state index is 12.1. The zero-order valence-corrected chi connectivity index (χ0v) is 10.7. The lowest BCUT2D eigenvalue weighted by Gasteiger charge is -2.21. The molecule has 0 aliphatic heterocycles. The molecule has 0 fully saturated rings. The van der Waals surface area contributed by atoms with Gasteiger partial charge < -0.3 is 10.1 Å². The van der Waals surface area contributed by atoms with Gasteiger partial charge in [0.05, 0.1) is 12.5 Å². The molecule has 0 bridgehead atoms. The van der Waals surface area contributed by atoms with Gasteiger partial charge in [0.25, 0.3) is 0 Å². The Morgan fingerprint density at radius 3 is 2.72 bits per heavy atom. The zero-order valence-electron chi connectivity index (χ0n) is 9.91. The van der Waals surface area contributed by atoms with Crippen LogP contribution < -0.4 is 0 Å². The molecule has 1 aromatic heterocycles. The molecule has 1 atom stereocenters. The third-order valence-electron chi connectivity index (χ3n) is 2.57. The Kier molecular flexibility index (Phi) is 4.11. The van der Waals surface area contributed by atoms with Gasteiger partial charge in [-0.05, 0) is 13.0 Å². The van der Waals surface area contributed by atoms with Crippen LogP contribution in [0.2, 0.25) is 0 Å². The van der Waals surface area contributed by atoms with E-state index in [4.69, 9.17) is 10.4 Å². The molecule has 0 aromatic carbocycles. The standard InChI is InChI=1S/C10H13N3O4S/c1-7(3-4-11)13(2)18(16,17)8-5-9(10(14)15)12-6-8/h5-7,12H,3H2,1-2H3,(H,14,15). The number of nitriles is 1. The number of carboxylic acid groups (broad SMARTS) is 1. The summed E-state index contributed by atoms with van der Waals surface area (Å²) in [5, 5.41) is 17.3. The van der Waals surface area contributed by atoms with Gasteiger partial charge in [0.2, 0.25) is 10.0 Å². The van der Waals surface area contributed by atoms with Crippen LogP contribution >= 0.6 is 0 Å². The Labute approximate surface area is 105 Å². The van der Waals surface area contributed by atoms with Crippen LogP contribution in [-0.4, -0.2) is 41.9 Å². The monoisotopic (exact) mass is 271 g/mol. The summed E-state index contributed by atoms with van der Waals surface area (Å²) in [6.07, 6.45) is 1.18. The predicted octanol–water partition coefficient (Wildman–Crippen LogP) is 0.636. The van der Waals surface area contributed by atoms with Crippen molar-refractivity contribution in [2.45, 2.75) is 24.3 Å². The minimum absolute atomic E-state index is 0.0614. The molecule has 1 rings (SSSR count). The first kappa shape index (κ1) is 14.2. The molecule has 7 nitrogen and oxygen atoms in total. The van der Waals surface area contributed by atoms with E-state index in [-0.39, 0.29) is 17.0 Å². The van der Waals surface area contributed by atoms with Crippen LogP contribution in [0.1, 0.15) is 23.8 Å². The maximum atomic E-state index is 12.1. The number of rotatable bonds is 5. The number of carboxylic acids is 1. The fraction of sp³-hybridized carbons (Fsp3) is 0.400. The Balaban J connectivity index is 3.06. The number of aromatic carboxylic acids is 1. The molecule has 0 radical (unpaired) electrons. The van der Waals surface area contributed by atoms with Crippen molar-refractivity contribution in [1.29, 1.82) is 5.26 Å². The van der Waals surface area contributed by atoms with E-state index < -0.39 is 22.0 Å². The van der Waals surface area contributed by atoms with Gasteiger partial charge in [-0.2, -0.15) is 9.57 Å². The summed E-state index contributed by atoms with van der Waals surface area (Å²) in [5.74, 6) is -1.23. The lowest BCUT2D eigenvalue weighted by atomic mass is 10.3. The van der Waals surface area contributed by atoms with Gasteiger partial charge in [-0.3, -0.25) is 0 Å². The summed E-state index contributed by atoms with van der Waals surface area (Å²) in [7, 11) is -2.43. The molecule has 0 saturated heterocycles. The summed E-state index contributed by atoms with van der Waals surface area (Å²) >= 11 is 0. The van der Waals surface area contributed by atoms with Crippen LogP contribution in [0.3, 0.4) is 0 Å². The van der Waals surface area contributed by atoms with Gasteiger partial charge in [-0.15, -0.1) is 0 Å². The summed E-state index contributed by atoms with van der Waals surface area (Å²) in [6, 6.07) is 2.45. The fourth-order valence-electron chi connectivity index (χ4n) is 1.31. The summed E-state index contributed by atoms with van der Waals surface area (Å²) in [6.45, 7) is 1.60. The summed E-state index contributed by atoms with van der Waals surface area (Å²) in [4.78, 5) is 12.9. The second-order valence-electron chi connectivity index (χ2n) is 3.79. The molecule has 0 amide bonds. The average Bonchev–Trinajstić information content (AvgIpc) is 2.78. The second kappa shape index (κ2) is 5.20. The Hall–Kier alpha value is -1.85. The van der Waals surface area contributed by atoms with Crippen LogP contribution in [0.5, 0.6) is 0 Å². The van der Waals surface area contributed by atoms with Gasteiger partial charge in [-0.25, -0.2) is 13.2 Å². The highest BCUT2D eigenvalue weighted by Crippen LogP contribution is 2.18. The molecule has 18 heavy (non-hydrogen) atoms. The van der Waals surface area contributed by atoms with E-state index in [0.29, 0.717) is 0 Å². The highest BCUT2D eigenvalue weighted by atomic mass is 32.2. The maximum Gasteiger partial charge on any atom is 0.352 e.